The summed E-state index contributed by atoms with van der Waals surface area (Å²) in [6.45, 7) is 7.11. The van der Waals surface area contributed by atoms with Crippen molar-refractivity contribution in [2.24, 2.45) is 0 Å². The van der Waals surface area contributed by atoms with Gasteiger partial charge < -0.3 is 4.74 Å². The van der Waals surface area contributed by atoms with Gasteiger partial charge in [0.1, 0.15) is 6.61 Å². The van der Waals surface area contributed by atoms with Crippen LogP contribution in [0.1, 0.15) is 47.4 Å². The van der Waals surface area contributed by atoms with E-state index in [4.69, 9.17) is 4.74 Å². The molecule has 2 aromatic heterocycles. The van der Waals surface area contributed by atoms with Gasteiger partial charge in [0.2, 0.25) is 4.96 Å². The van der Waals surface area contributed by atoms with Gasteiger partial charge in [0.15, 0.2) is 5.01 Å². The predicted octanol–water partition coefficient (Wildman–Crippen LogP) is 3.02. The number of benzene rings is 1. The van der Waals surface area contributed by atoms with Crippen molar-refractivity contribution in [3.8, 4) is 0 Å². The molecule has 0 N–H and O–H groups in total. The van der Waals surface area contributed by atoms with Gasteiger partial charge in [-0.1, -0.05) is 38.2 Å². The van der Waals surface area contributed by atoms with E-state index in [0.29, 0.717) is 21.2 Å². The second-order valence-corrected chi connectivity index (χ2v) is 8.28. The highest BCUT2D eigenvalue weighted by Crippen LogP contribution is 2.32. The number of rotatable bonds is 4. The summed E-state index contributed by atoms with van der Waals surface area (Å²) in [5, 5.41) is 15.9. The highest BCUT2D eigenvalue weighted by atomic mass is 32.1. The number of fused-ring (bicyclic) bond motifs is 1. The third-order valence-electron chi connectivity index (χ3n) is 3.98. The number of esters is 1. The Bertz CT molecular complexity index is 1140. The molecule has 1 aromatic carbocycles. The quantitative estimate of drug-likeness (QED) is 0.374. The second-order valence-electron chi connectivity index (χ2n) is 7.24. The zero-order valence-electron chi connectivity index (χ0n) is 15.8. The van der Waals surface area contributed by atoms with Crippen LogP contribution in [0.3, 0.4) is 0 Å². The van der Waals surface area contributed by atoms with Gasteiger partial charge in [-0.15, -0.1) is 0 Å². The van der Waals surface area contributed by atoms with Gasteiger partial charge in [0.05, 0.1) is 10.5 Å². The van der Waals surface area contributed by atoms with Crippen molar-refractivity contribution in [3.63, 3.8) is 0 Å². The highest BCUT2D eigenvalue weighted by Gasteiger charge is 2.26. The summed E-state index contributed by atoms with van der Waals surface area (Å²) >= 11 is 1.13. The summed E-state index contributed by atoms with van der Waals surface area (Å²) in [6, 6.07) is 5.65. The average molecular weight is 402 g/mol. The number of aryl methyl sites for hydroxylation is 1. The Morgan fingerprint density at radius 3 is 2.68 bits per heavy atom. The van der Waals surface area contributed by atoms with Gasteiger partial charge in [0.25, 0.3) is 11.2 Å². The van der Waals surface area contributed by atoms with Crippen LogP contribution in [0.2, 0.25) is 0 Å². The summed E-state index contributed by atoms with van der Waals surface area (Å²) in [4.78, 5) is 39.7. The molecule has 0 radical (unpaired) electrons. The standard InChI is InChI=1S/C18H18N4O5S/c1-10-7-15(23)21-17(19-10)28-14(20-21)9-27-16(24)11-5-6-12(18(2,3)4)13(8-11)22(25)26/h5-8H,9H2,1-4H3. The molecule has 0 atom stereocenters. The van der Waals surface area contributed by atoms with Gasteiger partial charge in [-0.05, 0) is 18.4 Å². The number of ether oxygens (including phenoxy) is 1. The molecule has 0 saturated carbocycles. The van der Waals surface area contributed by atoms with Crippen LogP contribution in [0.5, 0.6) is 0 Å². The zero-order chi connectivity index (χ0) is 20.6. The lowest BCUT2D eigenvalue weighted by molar-refractivity contribution is -0.386. The molecule has 0 aliphatic carbocycles. The van der Waals surface area contributed by atoms with E-state index in [2.05, 4.69) is 10.1 Å². The zero-order valence-corrected chi connectivity index (χ0v) is 16.6. The molecule has 0 bridgehead atoms. The highest BCUT2D eigenvalue weighted by molar-refractivity contribution is 7.16. The smallest absolute Gasteiger partial charge is 0.338 e. The number of hydrogen-bond acceptors (Lipinski definition) is 8. The Morgan fingerprint density at radius 1 is 1.32 bits per heavy atom. The minimum Gasteiger partial charge on any atom is -0.455 e. The van der Waals surface area contributed by atoms with Crippen LogP contribution in [0.15, 0.2) is 29.1 Å². The van der Waals surface area contributed by atoms with Crippen LogP contribution >= 0.6 is 11.3 Å². The fourth-order valence-corrected chi connectivity index (χ4v) is 3.53. The molecule has 0 amide bonds. The number of nitro groups is 1. The lowest BCUT2D eigenvalue weighted by Crippen LogP contribution is -2.15. The van der Waals surface area contributed by atoms with Crippen LogP contribution in [-0.4, -0.2) is 25.5 Å². The molecule has 0 unspecified atom stereocenters. The van der Waals surface area contributed by atoms with Crippen molar-refractivity contribution >= 4 is 28.0 Å². The van der Waals surface area contributed by atoms with Gasteiger partial charge in [0, 0.05) is 23.4 Å². The van der Waals surface area contributed by atoms with Crippen molar-refractivity contribution in [2.45, 2.75) is 39.7 Å². The monoisotopic (exact) mass is 402 g/mol. The fourth-order valence-electron chi connectivity index (χ4n) is 2.67. The van der Waals surface area contributed by atoms with Crippen LogP contribution < -0.4 is 5.56 Å². The van der Waals surface area contributed by atoms with E-state index >= 15 is 0 Å². The SMILES string of the molecule is Cc1cc(=O)n2nc(COC(=O)c3ccc(C(C)(C)C)c([N+](=O)[O-])c3)sc2n1. The number of nitro benzene ring substituents is 1. The summed E-state index contributed by atoms with van der Waals surface area (Å²) < 4.78 is 6.36. The van der Waals surface area contributed by atoms with E-state index in [1.807, 2.05) is 20.8 Å². The topological polar surface area (TPSA) is 117 Å². The number of carbonyl (C=O) groups excluding carboxylic acids is 1. The van der Waals surface area contributed by atoms with Crippen molar-refractivity contribution in [1.82, 2.24) is 14.6 Å². The Kier molecular flexibility index (Phi) is 4.99. The molecule has 0 aliphatic rings. The van der Waals surface area contributed by atoms with E-state index < -0.39 is 16.3 Å². The van der Waals surface area contributed by atoms with Gasteiger partial charge in [-0.2, -0.15) is 9.61 Å². The van der Waals surface area contributed by atoms with Crippen LogP contribution in [0, 0.1) is 17.0 Å². The molecule has 3 aromatic rings. The van der Waals surface area contributed by atoms with Crippen molar-refractivity contribution in [2.75, 3.05) is 0 Å². The summed E-state index contributed by atoms with van der Waals surface area (Å²) in [5.74, 6) is -0.709. The molecule has 0 fully saturated rings. The van der Waals surface area contributed by atoms with Gasteiger partial charge >= 0.3 is 5.97 Å². The van der Waals surface area contributed by atoms with Crippen LogP contribution in [-0.2, 0) is 16.8 Å². The average Bonchev–Trinajstić information content (AvgIpc) is 3.01. The first-order valence-electron chi connectivity index (χ1n) is 8.39. The summed E-state index contributed by atoms with van der Waals surface area (Å²) in [5.41, 5.74) is 0.291. The number of aromatic nitrogens is 3. The molecule has 10 heteroatoms. The third-order valence-corrected chi connectivity index (χ3v) is 4.86. The summed E-state index contributed by atoms with van der Waals surface area (Å²) in [6.07, 6.45) is 0. The Labute approximate surface area is 163 Å². The molecule has 146 valence electrons. The van der Waals surface area contributed by atoms with Crippen molar-refractivity contribution < 1.29 is 14.5 Å². The van der Waals surface area contributed by atoms with Crippen molar-refractivity contribution in [3.05, 3.63) is 66.6 Å². The van der Waals surface area contributed by atoms with E-state index in [0.717, 1.165) is 15.9 Å². The fraction of sp³-hybridized carbons (Fsp3) is 0.333. The normalized spacial score (nSPS) is 11.6. The second kappa shape index (κ2) is 7.12. The molecule has 3 rings (SSSR count). The van der Waals surface area contributed by atoms with E-state index in [1.165, 1.54) is 18.2 Å². The molecule has 2 heterocycles. The van der Waals surface area contributed by atoms with E-state index in [9.17, 15) is 19.7 Å². The molecular weight excluding hydrogens is 384 g/mol. The first-order valence-corrected chi connectivity index (χ1v) is 9.20. The molecule has 0 aliphatic heterocycles. The maximum absolute atomic E-state index is 12.3. The van der Waals surface area contributed by atoms with Crippen LogP contribution in [0.4, 0.5) is 5.69 Å². The molecule has 0 spiro atoms. The van der Waals surface area contributed by atoms with Crippen LogP contribution in [0.25, 0.3) is 4.96 Å². The first-order chi connectivity index (χ1) is 13.1. The van der Waals surface area contributed by atoms with E-state index in [1.54, 1.807) is 13.0 Å². The molecule has 9 nitrogen and oxygen atoms in total. The van der Waals surface area contributed by atoms with Gasteiger partial charge in [-0.3, -0.25) is 14.9 Å². The Morgan fingerprint density at radius 2 is 2.04 bits per heavy atom. The minimum absolute atomic E-state index is 0.0759. The van der Waals surface area contributed by atoms with Gasteiger partial charge in [-0.25, -0.2) is 9.78 Å². The number of carbonyl (C=O) groups is 1. The third kappa shape index (κ3) is 3.91. The first kappa shape index (κ1) is 19.6. The maximum atomic E-state index is 12.3. The van der Waals surface area contributed by atoms with E-state index in [-0.39, 0.29) is 23.4 Å². The number of hydrogen-bond donors (Lipinski definition) is 0. The van der Waals surface area contributed by atoms with Crippen molar-refractivity contribution in [1.29, 1.82) is 0 Å². The predicted molar refractivity (Wildman–Crippen MR) is 103 cm³/mol. The molecule has 28 heavy (non-hydrogen) atoms. The largest absolute Gasteiger partial charge is 0.455 e. The lowest BCUT2D eigenvalue weighted by Gasteiger charge is -2.19. The number of nitrogens with zero attached hydrogens (tertiary/aromatic N) is 4. The molecule has 0 saturated heterocycles. The minimum atomic E-state index is -0.709. The Balaban J connectivity index is 1.82. The lowest BCUT2D eigenvalue weighted by atomic mass is 9.85. The summed E-state index contributed by atoms with van der Waals surface area (Å²) in [7, 11) is 0. The Hall–Kier alpha value is -3.14. The maximum Gasteiger partial charge on any atom is 0.338 e. The molecular formula is C18H18N4O5S.